The van der Waals surface area contributed by atoms with Crippen LogP contribution in [0.15, 0.2) is 24.3 Å². The van der Waals surface area contributed by atoms with Crippen molar-refractivity contribution >= 4 is 11.9 Å². The third-order valence-corrected chi connectivity index (χ3v) is 15.8. The lowest BCUT2D eigenvalue weighted by molar-refractivity contribution is -0.143. The number of unbranched alkanes of at least 4 members (excludes halogenated alkanes) is 48. The lowest BCUT2D eigenvalue weighted by Gasteiger charge is -2.22. The molecule has 74 heavy (non-hydrogen) atoms. The van der Waals surface area contributed by atoms with Gasteiger partial charge in [0.25, 0.3) is 0 Å². The van der Waals surface area contributed by atoms with E-state index in [0.29, 0.717) is 25.9 Å². The van der Waals surface area contributed by atoms with Gasteiger partial charge in [-0.15, -0.1) is 0 Å². The van der Waals surface area contributed by atoms with E-state index >= 15 is 0 Å². The number of nitrogens with one attached hydrogen (secondary N) is 1. The highest BCUT2D eigenvalue weighted by Crippen LogP contribution is 2.19. The van der Waals surface area contributed by atoms with Crippen LogP contribution in [0.5, 0.6) is 0 Å². The van der Waals surface area contributed by atoms with E-state index < -0.39 is 12.1 Å². The zero-order chi connectivity index (χ0) is 53.6. The molecule has 0 bridgehead atoms. The first-order valence-electron chi connectivity index (χ1n) is 33.6. The number of esters is 1. The maximum Gasteiger partial charge on any atom is 0.305 e. The number of hydrogen-bond acceptors (Lipinski definition) is 5. The zero-order valence-electron chi connectivity index (χ0n) is 50.1. The Balaban J connectivity index is 3.41. The molecule has 0 fully saturated rings. The Morgan fingerprint density at radius 2 is 0.676 bits per heavy atom. The van der Waals surface area contributed by atoms with E-state index in [1.165, 1.54) is 289 Å². The van der Waals surface area contributed by atoms with Crippen molar-refractivity contribution in [2.75, 3.05) is 13.2 Å². The van der Waals surface area contributed by atoms with Crippen molar-refractivity contribution < 1.29 is 24.5 Å². The van der Waals surface area contributed by atoms with Crippen LogP contribution < -0.4 is 5.32 Å². The first-order chi connectivity index (χ1) is 36.5. The summed E-state index contributed by atoms with van der Waals surface area (Å²) < 4.78 is 5.49. The van der Waals surface area contributed by atoms with Gasteiger partial charge < -0.3 is 20.3 Å². The summed E-state index contributed by atoms with van der Waals surface area (Å²) in [7, 11) is 0. The summed E-state index contributed by atoms with van der Waals surface area (Å²) in [6.45, 7) is 4.95. The lowest BCUT2D eigenvalue weighted by Crippen LogP contribution is -2.45. The molecule has 0 radical (unpaired) electrons. The van der Waals surface area contributed by atoms with E-state index in [9.17, 15) is 19.8 Å². The number of aliphatic hydroxyl groups excluding tert-OH is 2. The van der Waals surface area contributed by atoms with Crippen LogP contribution in [-0.2, 0) is 14.3 Å². The molecule has 0 aliphatic carbocycles. The average Bonchev–Trinajstić information content (AvgIpc) is 3.40. The van der Waals surface area contributed by atoms with Gasteiger partial charge in [0.15, 0.2) is 0 Å². The molecule has 0 saturated heterocycles. The number of carbonyl (C=O) groups is 2. The third kappa shape index (κ3) is 59.6. The number of amides is 1. The largest absolute Gasteiger partial charge is 0.466 e. The predicted octanol–water partition coefficient (Wildman–Crippen LogP) is 21.4. The lowest BCUT2D eigenvalue weighted by atomic mass is 10.0. The van der Waals surface area contributed by atoms with Gasteiger partial charge in [0.05, 0.1) is 25.4 Å². The van der Waals surface area contributed by atoms with Crippen LogP contribution in [0, 0.1) is 0 Å². The molecule has 438 valence electrons. The Labute approximate surface area is 462 Å². The SMILES string of the molecule is CCCCC/C=C\C/C=C\CCCCCCCCCC(=O)OCCCCCCCCCCCCCCCCCCCC(=O)NC(CO)C(O)CCCCCCCCCCCCCCCCCCCCCCCCC. The number of ether oxygens (including phenoxy) is 1. The summed E-state index contributed by atoms with van der Waals surface area (Å²) in [5, 5.41) is 23.4. The highest BCUT2D eigenvalue weighted by atomic mass is 16.5. The van der Waals surface area contributed by atoms with Crippen LogP contribution in [0.4, 0.5) is 0 Å². The minimum atomic E-state index is -0.670. The molecule has 0 saturated carbocycles. The molecule has 0 rings (SSSR count). The highest BCUT2D eigenvalue weighted by molar-refractivity contribution is 5.76. The van der Waals surface area contributed by atoms with Crippen molar-refractivity contribution in [3.05, 3.63) is 24.3 Å². The molecule has 0 aliphatic rings. The van der Waals surface area contributed by atoms with Crippen LogP contribution >= 0.6 is 0 Å². The van der Waals surface area contributed by atoms with Gasteiger partial charge in [0, 0.05) is 12.8 Å². The highest BCUT2D eigenvalue weighted by Gasteiger charge is 2.20. The molecule has 0 aromatic carbocycles. The van der Waals surface area contributed by atoms with Crippen LogP contribution in [-0.4, -0.2) is 47.4 Å². The van der Waals surface area contributed by atoms with Gasteiger partial charge in [-0.2, -0.15) is 0 Å². The van der Waals surface area contributed by atoms with Crippen LogP contribution in [0.3, 0.4) is 0 Å². The Kier molecular flexibility index (Phi) is 62.4. The topological polar surface area (TPSA) is 95.9 Å². The molecule has 0 heterocycles. The van der Waals surface area contributed by atoms with E-state index in [4.69, 9.17) is 4.74 Å². The number of carbonyl (C=O) groups excluding carboxylic acids is 2. The summed E-state index contributed by atoms with van der Waals surface area (Å²) in [6.07, 6.45) is 79.1. The van der Waals surface area contributed by atoms with Crippen molar-refractivity contribution in [2.24, 2.45) is 0 Å². The number of rotatable bonds is 63. The zero-order valence-corrected chi connectivity index (χ0v) is 50.1. The van der Waals surface area contributed by atoms with Gasteiger partial charge in [-0.1, -0.05) is 327 Å². The van der Waals surface area contributed by atoms with Crippen LogP contribution in [0.25, 0.3) is 0 Å². The summed E-state index contributed by atoms with van der Waals surface area (Å²) >= 11 is 0. The van der Waals surface area contributed by atoms with E-state index in [-0.39, 0.29) is 18.5 Å². The van der Waals surface area contributed by atoms with E-state index in [1.807, 2.05) is 0 Å². The maximum atomic E-state index is 12.5. The average molecular weight is 1040 g/mol. The van der Waals surface area contributed by atoms with Gasteiger partial charge >= 0.3 is 5.97 Å². The fourth-order valence-electron chi connectivity index (χ4n) is 10.6. The van der Waals surface area contributed by atoms with E-state index in [1.54, 1.807) is 0 Å². The maximum absolute atomic E-state index is 12.5. The minimum Gasteiger partial charge on any atom is -0.466 e. The third-order valence-electron chi connectivity index (χ3n) is 15.8. The van der Waals surface area contributed by atoms with Gasteiger partial charge in [0.2, 0.25) is 5.91 Å². The minimum absolute atomic E-state index is 0.00126. The van der Waals surface area contributed by atoms with E-state index in [2.05, 4.69) is 43.5 Å². The summed E-state index contributed by atoms with van der Waals surface area (Å²) in [5.41, 5.74) is 0. The number of aliphatic hydroxyl groups is 2. The van der Waals surface area contributed by atoms with Gasteiger partial charge in [-0.3, -0.25) is 9.59 Å². The molecular weight excluding hydrogens is 911 g/mol. The second kappa shape index (κ2) is 63.9. The van der Waals surface area contributed by atoms with Gasteiger partial charge in [-0.25, -0.2) is 0 Å². The van der Waals surface area contributed by atoms with Crippen molar-refractivity contribution in [3.63, 3.8) is 0 Å². The first kappa shape index (κ1) is 72.3. The monoisotopic (exact) mass is 1040 g/mol. The van der Waals surface area contributed by atoms with Crippen LogP contribution in [0.2, 0.25) is 0 Å². The van der Waals surface area contributed by atoms with Gasteiger partial charge in [0.1, 0.15) is 0 Å². The molecule has 0 aliphatic heterocycles. The Morgan fingerprint density at radius 3 is 1.05 bits per heavy atom. The van der Waals surface area contributed by atoms with Gasteiger partial charge in [-0.05, 0) is 57.8 Å². The summed E-state index contributed by atoms with van der Waals surface area (Å²) in [5.74, 6) is -0.0375. The summed E-state index contributed by atoms with van der Waals surface area (Å²) in [6, 6.07) is -0.547. The number of allylic oxidation sites excluding steroid dienone is 4. The molecule has 2 unspecified atom stereocenters. The molecule has 2 atom stereocenters. The molecule has 0 spiro atoms. The fourth-order valence-corrected chi connectivity index (χ4v) is 10.6. The van der Waals surface area contributed by atoms with Crippen molar-refractivity contribution in [1.82, 2.24) is 5.32 Å². The quantitative estimate of drug-likeness (QED) is 0.0320. The Morgan fingerprint density at radius 1 is 0.378 bits per heavy atom. The summed E-state index contributed by atoms with van der Waals surface area (Å²) in [4.78, 5) is 24.6. The normalized spacial score (nSPS) is 12.6. The second-order valence-corrected chi connectivity index (χ2v) is 23.2. The fraction of sp³-hybridized carbons (Fsp3) is 0.912. The second-order valence-electron chi connectivity index (χ2n) is 23.2. The Hall–Kier alpha value is -1.66. The van der Waals surface area contributed by atoms with E-state index in [0.717, 1.165) is 51.4 Å². The van der Waals surface area contributed by atoms with Crippen molar-refractivity contribution in [1.29, 1.82) is 0 Å². The standard InChI is InChI=1S/C68H131NO5/c1-3-5-7-9-11-13-15-17-19-21-22-23-24-25-26-29-32-36-40-44-48-52-56-60-66(71)65(64-70)69-67(72)61-57-53-49-45-41-37-33-30-27-31-35-39-43-47-51-55-59-63-74-68(73)62-58-54-50-46-42-38-34-28-20-18-16-14-12-10-8-6-4-2/h12,14,18,20,65-66,70-71H,3-11,13,15-17,19,21-64H2,1-2H3,(H,69,72)/b14-12-,20-18-. The predicted molar refractivity (Wildman–Crippen MR) is 324 cm³/mol. The molecule has 6 heteroatoms. The smallest absolute Gasteiger partial charge is 0.305 e. The molecule has 0 aromatic heterocycles. The van der Waals surface area contributed by atoms with Crippen molar-refractivity contribution in [3.8, 4) is 0 Å². The number of hydrogen-bond donors (Lipinski definition) is 3. The molecule has 6 nitrogen and oxygen atoms in total. The molecule has 3 N–H and O–H groups in total. The van der Waals surface area contributed by atoms with Crippen molar-refractivity contribution in [2.45, 2.75) is 386 Å². The molecule has 1 amide bonds. The first-order valence-corrected chi connectivity index (χ1v) is 33.6. The molecule has 0 aromatic rings. The Bertz CT molecular complexity index is 1150. The molecular formula is C68H131NO5. The van der Waals surface area contributed by atoms with Crippen LogP contribution in [0.1, 0.15) is 373 Å².